The normalized spacial score (nSPS) is 13.7. The summed E-state index contributed by atoms with van der Waals surface area (Å²) in [7, 11) is -4.78. The summed E-state index contributed by atoms with van der Waals surface area (Å²) in [6.45, 7) is -0.334. The molecule has 0 radical (unpaired) electrons. The summed E-state index contributed by atoms with van der Waals surface area (Å²) in [6.07, 6.45) is -8.46. The van der Waals surface area contributed by atoms with Crippen LogP contribution in [0.3, 0.4) is 0 Å². The number of unbranched alkanes of at least 4 members (excludes halogenated alkanes) is 2. The minimum Gasteiger partial charge on any atom is -0.493 e. The first-order chi connectivity index (χ1) is 14.0. The lowest BCUT2D eigenvalue weighted by Gasteiger charge is -2.18. The number of ether oxygens (including phenoxy) is 1. The third kappa shape index (κ3) is 10.1. The molecule has 0 aliphatic heterocycles. The van der Waals surface area contributed by atoms with Crippen molar-refractivity contribution in [1.29, 1.82) is 0 Å². The number of halogens is 8. The highest BCUT2D eigenvalue weighted by atomic mass is 35.5. The second-order valence-corrected chi connectivity index (χ2v) is 8.56. The molecule has 31 heavy (non-hydrogen) atoms. The quantitative estimate of drug-likeness (QED) is 0.341. The van der Waals surface area contributed by atoms with Crippen LogP contribution in [-0.4, -0.2) is 38.4 Å². The van der Waals surface area contributed by atoms with Crippen molar-refractivity contribution in [2.24, 2.45) is 5.14 Å². The van der Waals surface area contributed by atoms with Crippen molar-refractivity contribution in [3.8, 4) is 5.75 Å². The summed E-state index contributed by atoms with van der Waals surface area (Å²) in [5, 5.41) is 3.78. The molecule has 2 N–H and O–H groups in total. The second kappa shape index (κ2) is 10.9. The monoisotopic (exact) mass is 521 g/mol. The lowest BCUT2D eigenvalue weighted by atomic mass is 10.1. The number of hydrogen-bond donors (Lipinski definition) is 1. The van der Waals surface area contributed by atoms with Crippen LogP contribution < -0.4 is 9.88 Å². The topological polar surface area (TPSA) is 95.7 Å². The standard InChI is InChI=1S/C15H15ClF7NO5S2/c16-10-6-9(12(17)14(18,19)20)11(7-8(10)13(25)29-31(24,26)27)28-4-2-1-3-5-30-15(21,22)23/h6-7,12H,1-5H2,(H2,24,26,27). The molecule has 1 atom stereocenters. The number of carbonyl (C=O) groups excluding carboxylic acids is 1. The van der Waals surface area contributed by atoms with E-state index in [1.807, 2.05) is 0 Å². The van der Waals surface area contributed by atoms with Gasteiger partial charge in [-0.05, 0) is 31.4 Å². The molecule has 178 valence electrons. The highest BCUT2D eigenvalue weighted by Gasteiger charge is 2.43. The highest BCUT2D eigenvalue weighted by molar-refractivity contribution is 8.00. The summed E-state index contributed by atoms with van der Waals surface area (Å²) in [5.74, 6) is -2.66. The minimum atomic E-state index is -5.35. The molecule has 0 aromatic heterocycles. The van der Waals surface area contributed by atoms with Crippen molar-refractivity contribution in [2.45, 2.75) is 37.1 Å². The fraction of sp³-hybridized carbons (Fsp3) is 0.533. The van der Waals surface area contributed by atoms with Gasteiger partial charge in [0.1, 0.15) is 5.75 Å². The summed E-state index contributed by atoms with van der Waals surface area (Å²) >= 11 is 5.42. The molecular formula is C15H15ClF7NO5S2. The summed E-state index contributed by atoms with van der Waals surface area (Å²) in [4.78, 5) is 11.8. The third-order valence-electron chi connectivity index (χ3n) is 3.38. The van der Waals surface area contributed by atoms with E-state index in [-0.39, 0.29) is 43.4 Å². The number of nitrogens with two attached hydrogens (primary N) is 1. The number of thioether (sulfide) groups is 1. The summed E-state index contributed by atoms with van der Waals surface area (Å²) in [6, 6.07) is 0.984. The van der Waals surface area contributed by atoms with Gasteiger partial charge in [-0.3, -0.25) is 0 Å². The van der Waals surface area contributed by atoms with E-state index in [0.717, 1.165) is 0 Å². The Morgan fingerprint density at radius 3 is 2.26 bits per heavy atom. The van der Waals surface area contributed by atoms with Crippen LogP contribution in [0, 0.1) is 0 Å². The first-order valence-corrected chi connectivity index (χ1v) is 11.0. The van der Waals surface area contributed by atoms with E-state index in [2.05, 4.69) is 9.32 Å². The van der Waals surface area contributed by atoms with Gasteiger partial charge < -0.3 is 8.92 Å². The summed E-state index contributed by atoms with van der Waals surface area (Å²) < 4.78 is 119. The fourth-order valence-electron chi connectivity index (χ4n) is 2.13. The van der Waals surface area contributed by atoms with Crippen LogP contribution in [0.1, 0.15) is 41.4 Å². The van der Waals surface area contributed by atoms with Crippen LogP contribution in [0.15, 0.2) is 12.1 Å². The molecule has 0 amide bonds. The maximum absolute atomic E-state index is 13.9. The Balaban J connectivity index is 2.97. The maximum atomic E-state index is 13.9. The van der Waals surface area contributed by atoms with Gasteiger partial charge in [0, 0.05) is 11.3 Å². The largest absolute Gasteiger partial charge is 0.493 e. The van der Waals surface area contributed by atoms with Crippen LogP contribution in [0.2, 0.25) is 5.02 Å². The molecule has 0 fully saturated rings. The molecule has 1 rings (SSSR count). The van der Waals surface area contributed by atoms with Gasteiger partial charge in [-0.2, -0.15) is 39.9 Å². The molecule has 0 aliphatic rings. The SMILES string of the molecule is NS(=O)(=O)OC(=O)c1cc(OCCCCCSC(F)(F)F)c(C(F)C(F)(F)F)cc1Cl. The first-order valence-electron chi connectivity index (χ1n) is 8.15. The van der Waals surface area contributed by atoms with E-state index >= 15 is 0 Å². The lowest BCUT2D eigenvalue weighted by Crippen LogP contribution is -2.21. The van der Waals surface area contributed by atoms with Gasteiger partial charge in [0.05, 0.1) is 17.2 Å². The number of carbonyl (C=O) groups is 1. The number of benzene rings is 1. The molecule has 0 spiro atoms. The van der Waals surface area contributed by atoms with E-state index in [9.17, 15) is 43.9 Å². The zero-order valence-electron chi connectivity index (χ0n) is 15.2. The molecule has 1 unspecified atom stereocenters. The van der Waals surface area contributed by atoms with Crippen LogP contribution in [0.25, 0.3) is 0 Å². The third-order valence-corrected chi connectivity index (χ3v) is 4.90. The molecule has 0 bridgehead atoms. The fourth-order valence-corrected chi connectivity index (χ4v) is 3.26. The van der Waals surface area contributed by atoms with Gasteiger partial charge in [-0.25, -0.2) is 9.18 Å². The van der Waals surface area contributed by atoms with Gasteiger partial charge in [-0.15, -0.1) is 0 Å². The Hall–Kier alpha value is -1.45. The minimum absolute atomic E-state index is 0.0976. The molecular weight excluding hydrogens is 507 g/mol. The van der Waals surface area contributed by atoms with Crippen molar-refractivity contribution in [1.82, 2.24) is 0 Å². The van der Waals surface area contributed by atoms with E-state index in [0.29, 0.717) is 12.1 Å². The Morgan fingerprint density at radius 1 is 1.13 bits per heavy atom. The molecule has 1 aromatic carbocycles. The van der Waals surface area contributed by atoms with Crippen molar-refractivity contribution in [3.05, 3.63) is 28.3 Å². The number of rotatable bonds is 10. The number of hydrogen-bond acceptors (Lipinski definition) is 6. The zero-order valence-corrected chi connectivity index (χ0v) is 17.6. The predicted octanol–water partition coefficient (Wildman–Crippen LogP) is 5.08. The zero-order chi connectivity index (χ0) is 24.0. The Kier molecular flexibility index (Phi) is 9.72. The molecule has 1 aromatic rings. The van der Waals surface area contributed by atoms with Gasteiger partial charge in [0.15, 0.2) is 0 Å². The predicted molar refractivity (Wildman–Crippen MR) is 97.7 cm³/mol. The molecule has 0 aliphatic carbocycles. The lowest BCUT2D eigenvalue weighted by molar-refractivity contribution is -0.183. The van der Waals surface area contributed by atoms with Gasteiger partial charge in [-0.1, -0.05) is 23.4 Å². The Labute approximate surface area is 181 Å². The van der Waals surface area contributed by atoms with Gasteiger partial charge in [0.2, 0.25) is 6.17 Å². The summed E-state index contributed by atoms with van der Waals surface area (Å²) in [5.41, 5.74) is -6.23. The molecule has 16 heteroatoms. The average Bonchev–Trinajstić information content (AvgIpc) is 2.57. The first kappa shape index (κ1) is 27.6. The van der Waals surface area contributed by atoms with Gasteiger partial charge >= 0.3 is 28.0 Å². The van der Waals surface area contributed by atoms with Crippen molar-refractivity contribution >= 4 is 39.6 Å². The molecule has 0 saturated carbocycles. The van der Waals surface area contributed by atoms with E-state index in [4.69, 9.17) is 16.3 Å². The molecule has 0 heterocycles. The maximum Gasteiger partial charge on any atom is 0.441 e. The van der Waals surface area contributed by atoms with Crippen molar-refractivity contribution < 1.29 is 52.9 Å². The van der Waals surface area contributed by atoms with Crippen LogP contribution in [0.5, 0.6) is 5.75 Å². The van der Waals surface area contributed by atoms with Crippen LogP contribution in [0.4, 0.5) is 30.7 Å². The van der Waals surface area contributed by atoms with Crippen molar-refractivity contribution in [3.63, 3.8) is 0 Å². The number of alkyl halides is 7. The highest BCUT2D eigenvalue weighted by Crippen LogP contribution is 2.42. The Morgan fingerprint density at radius 2 is 1.74 bits per heavy atom. The molecule has 6 nitrogen and oxygen atoms in total. The van der Waals surface area contributed by atoms with Crippen LogP contribution >= 0.6 is 23.4 Å². The smallest absolute Gasteiger partial charge is 0.441 e. The second-order valence-electron chi connectivity index (χ2n) is 5.84. The Bertz CT molecular complexity index is 878. The van der Waals surface area contributed by atoms with Crippen molar-refractivity contribution in [2.75, 3.05) is 12.4 Å². The van der Waals surface area contributed by atoms with E-state index in [1.54, 1.807) is 0 Å². The van der Waals surface area contributed by atoms with E-state index in [1.165, 1.54) is 0 Å². The molecule has 0 saturated heterocycles. The average molecular weight is 522 g/mol. The van der Waals surface area contributed by atoms with Crippen LogP contribution in [-0.2, 0) is 14.5 Å². The van der Waals surface area contributed by atoms with E-state index < -0.39 is 56.0 Å². The van der Waals surface area contributed by atoms with Gasteiger partial charge in [0.25, 0.3) is 0 Å².